The molecule has 0 aliphatic rings. The highest BCUT2D eigenvalue weighted by Crippen LogP contribution is 2.31. The van der Waals surface area contributed by atoms with Gasteiger partial charge in [0.25, 0.3) is 0 Å². The molecule has 0 aliphatic heterocycles. The molecule has 3 nitrogen and oxygen atoms in total. The molecule has 17 heavy (non-hydrogen) atoms. The van der Waals surface area contributed by atoms with E-state index < -0.39 is 5.82 Å². The fourth-order valence-corrected chi connectivity index (χ4v) is 2.69. The number of aromatic hydroxyl groups is 1. The minimum atomic E-state index is -0.460. The Balaban J connectivity index is 2.42. The van der Waals surface area contributed by atoms with Gasteiger partial charge in [0.2, 0.25) is 0 Å². The second-order valence-electron chi connectivity index (χ2n) is 3.73. The minimum absolute atomic E-state index is 0.0818. The van der Waals surface area contributed by atoms with Crippen LogP contribution in [-0.2, 0) is 6.42 Å². The van der Waals surface area contributed by atoms with Gasteiger partial charge in [-0.2, -0.15) is 0 Å². The van der Waals surface area contributed by atoms with Crippen LogP contribution in [0.3, 0.4) is 0 Å². The van der Waals surface area contributed by atoms with Gasteiger partial charge in [0, 0.05) is 16.5 Å². The smallest absolute Gasteiger partial charge is 0.137 e. The van der Waals surface area contributed by atoms with Gasteiger partial charge in [0.1, 0.15) is 16.6 Å². The van der Waals surface area contributed by atoms with Crippen molar-refractivity contribution in [3.63, 3.8) is 0 Å². The van der Waals surface area contributed by atoms with E-state index in [1.807, 2.05) is 6.92 Å². The summed E-state index contributed by atoms with van der Waals surface area (Å²) in [6, 6.07) is 4.08. The molecule has 0 saturated heterocycles. The lowest BCUT2D eigenvalue weighted by Crippen LogP contribution is -2.01. The third-order valence-corrected chi connectivity index (χ3v) is 3.70. The third kappa shape index (κ3) is 2.45. The first-order chi connectivity index (χ1) is 8.11. The maximum atomic E-state index is 13.6. The van der Waals surface area contributed by atoms with Gasteiger partial charge in [-0.3, -0.25) is 0 Å². The number of benzene rings is 1. The zero-order chi connectivity index (χ0) is 12.4. The van der Waals surface area contributed by atoms with E-state index in [9.17, 15) is 4.39 Å². The normalized spacial score (nSPS) is 10.8. The summed E-state index contributed by atoms with van der Waals surface area (Å²) in [5, 5.41) is 9.78. The minimum Gasteiger partial charge on any atom is -0.508 e. The molecule has 0 spiro atoms. The number of hydrogen-bond acceptors (Lipinski definition) is 4. The topological polar surface area (TPSA) is 59.1 Å². The maximum absolute atomic E-state index is 13.6. The lowest BCUT2D eigenvalue weighted by atomic mass is 10.2. The Morgan fingerprint density at radius 3 is 2.88 bits per heavy atom. The van der Waals surface area contributed by atoms with Crippen molar-refractivity contribution in [2.45, 2.75) is 13.3 Å². The van der Waals surface area contributed by atoms with Gasteiger partial charge in [0.05, 0.1) is 5.69 Å². The van der Waals surface area contributed by atoms with E-state index in [-0.39, 0.29) is 5.75 Å². The number of phenols is 1. The highest BCUT2D eigenvalue weighted by molar-refractivity contribution is 7.15. The average molecular weight is 252 g/mol. The molecule has 0 bridgehead atoms. The first kappa shape index (κ1) is 12.0. The zero-order valence-corrected chi connectivity index (χ0v) is 10.2. The van der Waals surface area contributed by atoms with Crippen molar-refractivity contribution in [1.82, 2.24) is 4.98 Å². The van der Waals surface area contributed by atoms with Gasteiger partial charge in [-0.15, -0.1) is 11.3 Å². The van der Waals surface area contributed by atoms with E-state index in [2.05, 4.69) is 4.98 Å². The van der Waals surface area contributed by atoms with Crippen LogP contribution in [0.1, 0.15) is 10.6 Å². The molecule has 0 unspecified atom stereocenters. The molecule has 0 amide bonds. The lowest BCUT2D eigenvalue weighted by Gasteiger charge is -1.99. The van der Waals surface area contributed by atoms with Crippen molar-refractivity contribution in [1.29, 1.82) is 0 Å². The maximum Gasteiger partial charge on any atom is 0.137 e. The first-order valence-electron chi connectivity index (χ1n) is 5.27. The fraction of sp³-hybridized carbons (Fsp3) is 0.250. The largest absolute Gasteiger partial charge is 0.508 e. The van der Waals surface area contributed by atoms with Crippen molar-refractivity contribution >= 4 is 11.3 Å². The zero-order valence-electron chi connectivity index (χ0n) is 9.40. The van der Waals surface area contributed by atoms with Crippen molar-refractivity contribution < 1.29 is 9.50 Å². The second-order valence-corrected chi connectivity index (χ2v) is 4.81. The van der Waals surface area contributed by atoms with Gasteiger partial charge < -0.3 is 10.8 Å². The Bertz CT molecular complexity index is 539. The van der Waals surface area contributed by atoms with Crippen LogP contribution in [-0.4, -0.2) is 16.6 Å². The van der Waals surface area contributed by atoms with Crippen molar-refractivity contribution in [3.05, 3.63) is 34.6 Å². The van der Waals surface area contributed by atoms with Crippen LogP contribution in [0.15, 0.2) is 18.2 Å². The van der Waals surface area contributed by atoms with E-state index in [0.717, 1.165) is 23.1 Å². The number of nitrogens with zero attached hydrogens (tertiary/aromatic N) is 1. The highest BCUT2D eigenvalue weighted by atomic mass is 32.1. The Morgan fingerprint density at radius 2 is 2.24 bits per heavy atom. The summed E-state index contributed by atoms with van der Waals surface area (Å²) >= 11 is 1.44. The van der Waals surface area contributed by atoms with E-state index >= 15 is 0 Å². The van der Waals surface area contributed by atoms with Crippen LogP contribution in [0, 0.1) is 12.7 Å². The molecule has 2 aromatic rings. The molecule has 0 saturated carbocycles. The first-order valence-corrected chi connectivity index (χ1v) is 6.08. The summed E-state index contributed by atoms with van der Waals surface area (Å²) in [5.74, 6) is -0.542. The monoisotopic (exact) mass is 252 g/mol. The number of aromatic nitrogens is 1. The molecule has 0 atom stereocenters. The van der Waals surface area contributed by atoms with Crippen molar-refractivity contribution in [2.24, 2.45) is 5.73 Å². The summed E-state index contributed by atoms with van der Waals surface area (Å²) in [6.45, 7) is 2.45. The van der Waals surface area contributed by atoms with Gasteiger partial charge in [-0.25, -0.2) is 9.37 Å². The van der Waals surface area contributed by atoms with Crippen LogP contribution in [0.25, 0.3) is 10.6 Å². The number of thiazole rings is 1. The Morgan fingerprint density at radius 1 is 1.47 bits per heavy atom. The Hall–Kier alpha value is -1.46. The molecule has 1 aromatic heterocycles. The molecule has 1 aromatic carbocycles. The molecule has 2 rings (SSSR count). The summed E-state index contributed by atoms with van der Waals surface area (Å²) < 4.78 is 13.6. The molecule has 90 valence electrons. The standard InChI is InChI=1S/C12H13FN2OS/c1-7-11(4-5-14)17-12(15-7)9-3-2-8(16)6-10(9)13/h2-3,6,16H,4-5,14H2,1H3. The van der Waals surface area contributed by atoms with Crippen molar-refractivity contribution in [3.8, 4) is 16.3 Å². The Labute approximate surface area is 103 Å². The molecule has 0 aliphatic carbocycles. The summed E-state index contributed by atoms with van der Waals surface area (Å²) in [4.78, 5) is 5.41. The quantitative estimate of drug-likeness (QED) is 0.882. The van der Waals surface area contributed by atoms with E-state index in [1.165, 1.54) is 23.5 Å². The molecule has 5 heteroatoms. The molecule has 3 N–H and O–H groups in total. The SMILES string of the molecule is Cc1nc(-c2ccc(O)cc2F)sc1CCN. The fourth-order valence-electron chi connectivity index (χ4n) is 1.58. The van der Waals surface area contributed by atoms with Gasteiger partial charge in [-0.05, 0) is 32.0 Å². The summed E-state index contributed by atoms with van der Waals surface area (Å²) in [7, 11) is 0. The number of rotatable bonds is 3. The third-order valence-electron chi connectivity index (χ3n) is 2.45. The number of nitrogens with two attached hydrogens (primary N) is 1. The molecular formula is C12H13FN2OS. The van der Waals surface area contributed by atoms with Gasteiger partial charge in [0.15, 0.2) is 0 Å². The van der Waals surface area contributed by atoms with Crippen LogP contribution < -0.4 is 5.73 Å². The average Bonchev–Trinajstić information content (AvgIpc) is 2.60. The van der Waals surface area contributed by atoms with E-state index in [4.69, 9.17) is 10.8 Å². The number of halogens is 1. The second kappa shape index (κ2) is 4.81. The molecule has 1 heterocycles. The van der Waals surface area contributed by atoms with Gasteiger partial charge in [-0.1, -0.05) is 0 Å². The molecule has 0 fully saturated rings. The van der Waals surface area contributed by atoms with Crippen LogP contribution in [0.4, 0.5) is 4.39 Å². The van der Waals surface area contributed by atoms with E-state index in [0.29, 0.717) is 17.1 Å². The van der Waals surface area contributed by atoms with Crippen LogP contribution >= 0.6 is 11.3 Å². The number of phenolic OH excluding ortho intramolecular Hbond substituents is 1. The van der Waals surface area contributed by atoms with E-state index in [1.54, 1.807) is 0 Å². The lowest BCUT2D eigenvalue weighted by molar-refractivity contribution is 0.469. The molecular weight excluding hydrogens is 239 g/mol. The van der Waals surface area contributed by atoms with Gasteiger partial charge >= 0.3 is 0 Å². The predicted molar refractivity (Wildman–Crippen MR) is 66.7 cm³/mol. The summed E-state index contributed by atoms with van der Waals surface area (Å²) in [6.07, 6.45) is 0.753. The van der Waals surface area contributed by atoms with Crippen molar-refractivity contribution in [2.75, 3.05) is 6.54 Å². The van der Waals surface area contributed by atoms with Crippen LogP contribution in [0.2, 0.25) is 0 Å². The number of hydrogen-bond donors (Lipinski definition) is 2. The van der Waals surface area contributed by atoms with Crippen LogP contribution in [0.5, 0.6) is 5.75 Å². The number of aryl methyl sites for hydroxylation is 1. The highest BCUT2D eigenvalue weighted by Gasteiger charge is 2.12. The Kier molecular flexibility index (Phi) is 3.40. The molecule has 0 radical (unpaired) electrons. The predicted octanol–water partition coefficient (Wildman–Crippen LogP) is 2.46. The summed E-state index contributed by atoms with van der Waals surface area (Å²) in [5.41, 5.74) is 6.81.